The summed E-state index contributed by atoms with van der Waals surface area (Å²) in [5.41, 5.74) is 8.13. The maximum Gasteiger partial charge on any atom is 0.139 e. The van der Waals surface area contributed by atoms with E-state index in [1.807, 2.05) is 18.5 Å². The number of pyridine rings is 2. The van der Waals surface area contributed by atoms with Gasteiger partial charge in [0, 0.05) is 35.7 Å². The Labute approximate surface area is 219 Å². The van der Waals surface area contributed by atoms with E-state index in [9.17, 15) is 0 Å². The van der Waals surface area contributed by atoms with E-state index in [0.717, 1.165) is 77.1 Å². The molecule has 1 fully saturated rings. The van der Waals surface area contributed by atoms with Crippen LogP contribution >= 0.6 is 0 Å². The molecule has 1 aliphatic rings. The molecule has 5 rings (SSSR count). The Morgan fingerprint density at radius 3 is 2.73 bits per heavy atom. The third-order valence-corrected chi connectivity index (χ3v) is 7.19. The molecule has 0 spiro atoms. The van der Waals surface area contributed by atoms with Gasteiger partial charge in [-0.15, -0.1) is 0 Å². The zero-order valence-corrected chi connectivity index (χ0v) is 22.2. The number of hydrogen-bond acceptors (Lipinski definition) is 5. The summed E-state index contributed by atoms with van der Waals surface area (Å²) in [6.07, 6.45) is 15.9. The molecule has 1 saturated heterocycles. The van der Waals surface area contributed by atoms with Gasteiger partial charge < -0.3 is 14.8 Å². The molecule has 0 unspecified atom stereocenters. The van der Waals surface area contributed by atoms with E-state index in [1.165, 1.54) is 30.5 Å². The normalized spacial score (nSPS) is 15.3. The number of nitrogens with zero attached hydrogens (tertiary/aromatic N) is 5. The number of anilines is 1. The third kappa shape index (κ3) is 5.37. The van der Waals surface area contributed by atoms with Gasteiger partial charge in [-0.1, -0.05) is 18.7 Å². The zero-order valence-electron chi connectivity index (χ0n) is 22.2. The minimum Gasteiger partial charge on any atom is -0.371 e. The molecule has 1 aliphatic heterocycles. The summed E-state index contributed by atoms with van der Waals surface area (Å²) in [6, 6.07) is 6.46. The Morgan fingerprint density at radius 2 is 1.97 bits per heavy atom. The molecule has 0 bridgehead atoms. The van der Waals surface area contributed by atoms with Crippen molar-refractivity contribution in [3.05, 3.63) is 66.7 Å². The summed E-state index contributed by atoms with van der Waals surface area (Å²) >= 11 is 0. The Kier molecular flexibility index (Phi) is 7.51. The smallest absolute Gasteiger partial charge is 0.139 e. The van der Waals surface area contributed by atoms with Crippen LogP contribution in [0.3, 0.4) is 0 Å². The van der Waals surface area contributed by atoms with Crippen molar-refractivity contribution >= 4 is 33.2 Å². The first-order valence-corrected chi connectivity index (χ1v) is 13.3. The average Bonchev–Trinajstić information content (AvgIpc) is 3.54. The molecule has 4 aromatic rings. The molecule has 0 saturated carbocycles. The fraction of sp³-hybridized carbons (Fsp3) is 0.367. The maximum absolute atomic E-state index is 4.74. The first-order valence-electron chi connectivity index (χ1n) is 13.3. The molecule has 7 heteroatoms. The second-order valence-corrected chi connectivity index (χ2v) is 10.1. The van der Waals surface area contributed by atoms with E-state index in [1.54, 1.807) is 0 Å². The van der Waals surface area contributed by atoms with Crippen molar-refractivity contribution < 1.29 is 0 Å². The van der Waals surface area contributed by atoms with Crippen LogP contribution in [-0.4, -0.2) is 63.8 Å². The summed E-state index contributed by atoms with van der Waals surface area (Å²) < 4.78 is 0. The molecule has 0 atom stereocenters. The molecule has 4 aromatic heterocycles. The van der Waals surface area contributed by atoms with Crippen LogP contribution in [0.25, 0.3) is 38.9 Å². The lowest BCUT2D eigenvalue weighted by Crippen LogP contribution is -2.29. The number of allylic oxidation sites excluding steroid dienone is 5. The maximum atomic E-state index is 4.74. The van der Waals surface area contributed by atoms with Gasteiger partial charge in [0.2, 0.25) is 0 Å². The van der Waals surface area contributed by atoms with Crippen LogP contribution in [0.2, 0.25) is 0 Å². The number of rotatable bonds is 9. The quantitative estimate of drug-likeness (QED) is 0.265. The van der Waals surface area contributed by atoms with Gasteiger partial charge in [-0.3, -0.25) is 10.1 Å². The highest BCUT2D eigenvalue weighted by atomic mass is 15.1. The Bertz CT molecular complexity index is 1450. The second-order valence-electron chi connectivity index (χ2n) is 10.1. The fourth-order valence-electron chi connectivity index (χ4n) is 5.17. The third-order valence-electron chi connectivity index (χ3n) is 7.19. The highest BCUT2D eigenvalue weighted by molar-refractivity contribution is 5.99. The lowest BCUT2D eigenvalue weighted by Gasteiger charge is -2.29. The van der Waals surface area contributed by atoms with Crippen molar-refractivity contribution in [2.45, 2.75) is 39.0 Å². The topological polar surface area (TPSA) is 76.7 Å². The van der Waals surface area contributed by atoms with Crippen LogP contribution in [0.1, 0.15) is 44.7 Å². The molecule has 192 valence electrons. The fourth-order valence-corrected chi connectivity index (χ4v) is 5.17. The summed E-state index contributed by atoms with van der Waals surface area (Å²) in [7, 11) is 4.21. The van der Waals surface area contributed by atoms with Crippen LogP contribution in [0, 0.1) is 0 Å². The van der Waals surface area contributed by atoms with Crippen molar-refractivity contribution in [1.29, 1.82) is 0 Å². The summed E-state index contributed by atoms with van der Waals surface area (Å²) in [5, 5.41) is 10.0. The van der Waals surface area contributed by atoms with E-state index in [0.29, 0.717) is 0 Å². The van der Waals surface area contributed by atoms with E-state index in [-0.39, 0.29) is 0 Å². The van der Waals surface area contributed by atoms with E-state index in [2.05, 4.69) is 87.9 Å². The van der Waals surface area contributed by atoms with Crippen LogP contribution in [0.5, 0.6) is 0 Å². The molecule has 0 aliphatic carbocycles. The Morgan fingerprint density at radius 1 is 1.14 bits per heavy atom. The summed E-state index contributed by atoms with van der Waals surface area (Å²) in [4.78, 5) is 17.6. The highest BCUT2D eigenvalue weighted by Crippen LogP contribution is 2.34. The van der Waals surface area contributed by atoms with Crippen molar-refractivity contribution in [2.75, 3.05) is 38.6 Å². The number of aromatic amines is 2. The lowest BCUT2D eigenvalue weighted by atomic mass is 10.0. The van der Waals surface area contributed by atoms with Gasteiger partial charge in [-0.05, 0) is 95.1 Å². The average molecular weight is 496 g/mol. The lowest BCUT2D eigenvalue weighted by molar-refractivity contribution is 0.400. The van der Waals surface area contributed by atoms with Gasteiger partial charge in [0.1, 0.15) is 11.3 Å². The van der Waals surface area contributed by atoms with Gasteiger partial charge in [-0.2, -0.15) is 5.10 Å². The first kappa shape index (κ1) is 25.0. The Balaban J connectivity index is 1.48. The molecule has 5 heterocycles. The number of aromatic nitrogens is 5. The molecule has 0 radical (unpaired) electrons. The van der Waals surface area contributed by atoms with Crippen molar-refractivity contribution in [3.63, 3.8) is 0 Å². The molecule has 0 amide bonds. The van der Waals surface area contributed by atoms with Crippen LogP contribution in [0.4, 0.5) is 5.69 Å². The van der Waals surface area contributed by atoms with Gasteiger partial charge in [0.25, 0.3) is 0 Å². The van der Waals surface area contributed by atoms with Gasteiger partial charge in [0.15, 0.2) is 0 Å². The number of hydrogen-bond donors (Lipinski definition) is 2. The van der Waals surface area contributed by atoms with Crippen LogP contribution in [-0.2, 0) is 0 Å². The number of fused-ring (bicyclic) bond motifs is 2. The van der Waals surface area contributed by atoms with Gasteiger partial charge >= 0.3 is 0 Å². The number of H-pyrrole nitrogens is 2. The predicted molar refractivity (Wildman–Crippen MR) is 155 cm³/mol. The van der Waals surface area contributed by atoms with Gasteiger partial charge in [0.05, 0.1) is 23.1 Å². The SMILES string of the molecule is C=C/C(=C\C(=C/C)c1cc2c(-c3cc4c(N5CCCCC5)ccnc4[nH]3)n[nH]c2cn1)CCCN(C)C. The summed E-state index contributed by atoms with van der Waals surface area (Å²) in [5.74, 6) is 0. The first-order chi connectivity index (χ1) is 18.1. The number of piperidine rings is 1. The molecule has 2 N–H and O–H groups in total. The summed E-state index contributed by atoms with van der Waals surface area (Å²) in [6.45, 7) is 9.35. The molecule has 0 aromatic carbocycles. The van der Waals surface area contributed by atoms with E-state index in [4.69, 9.17) is 4.98 Å². The van der Waals surface area contributed by atoms with Crippen LogP contribution in [0.15, 0.2) is 61.0 Å². The zero-order chi connectivity index (χ0) is 25.8. The number of nitrogens with one attached hydrogen (secondary N) is 2. The monoisotopic (exact) mass is 495 g/mol. The van der Waals surface area contributed by atoms with Crippen molar-refractivity contribution in [1.82, 2.24) is 30.0 Å². The largest absolute Gasteiger partial charge is 0.371 e. The molecule has 37 heavy (non-hydrogen) atoms. The van der Waals surface area contributed by atoms with Crippen LogP contribution < -0.4 is 4.90 Å². The minimum atomic E-state index is 0.885. The minimum absolute atomic E-state index is 0.885. The van der Waals surface area contributed by atoms with E-state index < -0.39 is 0 Å². The second kappa shape index (κ2) is 11.1. The standard InChI is InChI=1S/C30H37N7/c1-5-21(11-10-14-36(3)4)17-22(6-2)25-18-23-27(20-32-25)34-35-29(23)26-19-24-28(12-13-31-30(24)33-26)37-15-8-7-9-16-37/h5-6,12-13,17-20H,1,7-11,14-16H2,2-4H3,(H,31,33)(H,34,35)/b21-17+,22-6+. The molecular formula is C30H37N7. The van der Waals surface area contributed by atoms with E-state index >= 15 is 0 Å². The van der Waals surface area contributed by atoms with Crippen molar-refractivity contribution in [2.24, 2.45) is 0 Å². The predicted octanol–water partition coefficient (Wildman–Crippen LogP) is 6.35. The van der Waals surface area contributed by atoms with Crippen molar-refractivity contribution in [3.8, 4) is 11.4 Å². The molecule has 7 nitrogen and oxygen atoms in total. The highest BCUT2D eigenvalue weighted by Gasteiger charge is 2.18. The van der Waals surface area contributed by atoms with Gasteiger partial charge in [-0.25, -0.2) is 4.98 Å². The Hall–Kier alpha value is -3.71. The molecular weight excluding hydrogens is 458 g/mol.